The van der Waals surface area contributed by atoms with E-state index in [1.165, 1.54) is 5.56 Å². The van der Waals surface area contributed by atoms with Gasteiger partial charge in [-0.15, -0.1) is 0 Å². The molecule has 1 amide bonds. The molecule has 3 fully saturated rings. The molecule has 4 rings (SSSR count). The van der Waals surface area contributed by atoms with Crippen molar-refractivity contribution in [2.45, 2.75) is 71.7 Å². The van der Waals surface area contributed by atoms with E-state index in [0.29, 0.717) is 5.92 Å². The minimum Gasteiger partial charge on any atom is -0.444 e. The van der Waals surface area contributed by atoms with Gasteiger partial charge in [0.2, 0.25) is 0 Å². The van der Waals surface area contributed by atoms with Crippen LogP contribution in [0.2, 0.25) is 0 Å². The number of carbonyl (C=O) groups excluding carboxylic acids is 1. The Morgan fingerprint density at radius 2 is 1.66 bits per heavy atom. The van der Waals surface area contributed by atoms with Crippen LogP contribution >= 0.6 is 0 Å². The maximum absolute atomic E-state index is 11.8. The number of hydrogen-bond donors (Lipinski definition) is 1. The van der Waals surface area contributed by atoms with E-state index in [1.807, 2.05) is 20.8 Å². The molecule has 1 saturated carbocycles. The van der Waals surface area contributed by atoms with Crippen LogP contribution in [0.15, 0.2) is 24.3 Å². The van der Waals surface area contributed by atoms with Gasteiger partial charge in [-0.05, 0) is 83.7 Å². The number of alkyl carbamates (subject to hydrolysis) is 1. The smallest absolute Gasteiger partial charge is 0.444 e. The summed E-state index contributed by atoms with van der Waals surface area (Å²) in [5.41, 5.74) is 1.35. The molecular formula is C25H39BN2O4. The Hall–Kier alpha value is -1.57. The van der Waals surface area contributed by atoms with Crippen LogP contribution in [0.4, 0.5) is 4.79 Å². The monoisotopic (exact) mass is 442 g/mol. The number of ether oxygens (including phenoxy) is 1. The number of hydrogen-bond acceptors (Lipinski definition) is 5. The summed E-state index contributed by atoms with van der Waals surface area (Å²) in [5, 5.41) is 2.94. The molecule has 0 radical (unpaired) electrons. The van der Waals surface area contributed by atoms with Crippen LogP contribution in [-0.2, 0) is 20.5 Å². The molecule has 0 bridgehead atoms. The Morgan fingerprint density at radius 1 is 1.09 bits per heavy atom. The van der Waals surface area contributed by atoms with Gasteiger partial charge in [0.05, 0.1) is 11.2 Å². The fourth-order valence-corrected chi connectivity index (χ4v) is 4.85. The molecule has 2 unspecified atom stereocenters. The summed E-state index contributed by atoms with van der Waals surface area (Å²) >= 11 is 0. The van der Waals surface area contributed by atoms with Gasteiger partial charge in [0.25, 0.3) is 0 Å². The maximum atomic E-state index is 11.8. The second kappa shape index (κ2) is 8.34. The largest absolute Gasteiger partial charge is 0.494 e. The zero-order valence-electron chi connectivity index (χ0n) is 20.7. The highest BCUT2D eigenvalue weighted by atomic mass is 16.7. The van der Waals surface area contributed by atoms with Crippen LogP contribution in [0, 0.1) is 17.8 Å². The van der Waals surface area contributed by atoms with E-state index in [9.17, 15) is 4.79 Å². The van der Waals surface area contributed by atoms with Gasteiger partial charge in [-0.2, -0.15) is 0 Å². The number of amides is 1. The Morgan fingerprint density at radius 3 is 2.19 bits per heavy atom. The molecule has 1 aromatic rings. The summed E-state index contributed by atoms with van der Waals surface area (Å²) in [7, 11) is -0.300. The topological polar surface area (TPSA) is 60.0 Å². The zero-order chi connectivity index (χ0) is 23.3. The summed E-state index contributed by atoms with van der Waals surface area (Å²) in [6.45, 7) is 18.1. The van der Waals surface area contributed by atoms with Crippen molar-refractivity contribution in [3.05, 3.63) is 29.8 Å². The molecular weight excluding hydrogens is 403 g/mol. The number of fused-ring (bicyclic) bond motifs is 1. The molecule has 6 nitrogen and oxygen atoms in total. The fraction of sp³-hybridized carbons (Fsp3) is 0.720. The van der Waals surface area contributed by atoms with Gasteiger partial charge in [-0.25, -0.2) is 4.79 Å². The molecule has 0 aromatic heterocycles. The molecule has 2 heterocycles. The van der Waals surface area contributed by atoms with Crippen LogP contribution in [0.25, 0.3) is 0 Å². The minimum atomic E-state index is -0.442. The van der Waals surface area contributed by atoms with Gasteiger partial charge in [0.1, 0.15) is 5.60 Å². The molecule has 32 heavy (non-hydrogen) atoms. The van der Waals surface area contributed by atoms with Gasteiger partial charge in [-0.3, -0.25) is 0 Å². The van der Waals surface area contributed by atoms with Gasteiger partial charge < -0.3 is 24.3 Å². The number of carbonyl (C=O) groups is 1. The standard InChI is InChI=1S/C25H39BN2O4/c1-23(2,3)30-22(29)27-14-19-20-15-28(16-21(19)20)13-12-17-8-10-18(11-9-17)26-31-24(4,5)25(6,7)32-26/h8-11,19-21H,12-16H2,1-7H3,(H,27,29). The maximum Gasteiger partial charge on any atom is 0.494 e. The lowest BCUT2D eigenvalue weighted by Gasteiger charge is -2.32. The van der Waals surface area contributed by atoms with Crippen LogP contribution in [0.1, 0.15) is 54.0 Å². The normalized spacial score (nSPS) is 28.5. The number of nitrogens with zero attached hydrogens (tertiary/aromatic N) is 1. The lowest BCUT2D eigenvalue weighted by molar-refractivity contribution is 0.00578. The predicted octanol–water partition coefficient (Wildman–Crippen LogP) is 3.23. The van der Waals surface area contributed by atoms with E-state index < -0.39 is 5.60 Å². The molecule has 1 N–H and O–H groups in total. The molecule has 3 aliphatic rings. The molecule has 7 heteroatoms. The van der Waals surface area contributed by atoms with Gasteiger partial charge in [0.15, 0.2) is 0 Å². The van der Waals surface area contributed by atoms with Crippen molar-refractivity contribution in [1.82, 2.24) is 10.2 Å². The van der Waals surface area contributed by atoms with Gasteiger partial charge >= 0.3 is 13.2 Å². The van der Waals surface area contributed by atoms with E-state index in [0.717, 1.165) is 49.9 Å². The van der Waals surface area contributed by atoms with Crippen molar-refractivity contribution in [3.8, 4) is 0 Å². The number of likely N-dealkylation sites (tertiary alicyclic amines) is 1. The molecule has 2 atom stereocenters. The first-order chi connectivity index (χ1) is 14.8. The third-order valence-electron chi connectivity index (χ3n) is 7.55. The lowest BCUT2D eigenvalue weighted by atomic mass is 9.79. The van der Waals surface area contributed by atoms with Crippen molar-refractivity contribution < 1.29 is 18.8 Å². The predicted molar refractivity (Wildman–Crippen MR) is 127 cm³/mol. The Bertz CT molecular complexity index is 805. The average Bonchev–Trinajstić information content (AvgIpc) is 3.01. The van der Waals surface area contributed by atoms with Crippen LogP contribution < -0.4 is 10.8 Å². The van der Waals surface area contributed by atoms with E-state index in [1.54, 1.807) is 0 Å². The van der Waals surface area contributed by atoms with Crippen molar-refractivity contribution in [2.75, 3.05) is 26.2 Å². The van der Waals surface area contributed by atoms with E-state index >= 15 is 0 Å². The van der Waals surface area contributed by atoms with Gasteiger partial charge in [-0.1, -0.05) is 24.3 Å². The second-order valence-electron chi connectivity index (χ2n) is 11.7. The van der Waals surface area contributed by atoms with Crippen molar-refractivity contribution in [3.63, 3.8) is 0 Å². The van der Waals surface area contributed by atoms with E-state index in [2.05, 4.69) is 62.2 Å². The highest BCUT2D eigenvalue weighted by molar-refractivity contribution is 6.62. The quantitative estimate of drug-likeness (QED) is 0.686. The molecule has 1 aromatic carbocycles. The number of benzene rings is 1. The van der Waals surface area contributed by atoms with Crippen molar-refractivity contribution >= 4 is 18.7 Å². The van der Waals surface area contributed by atoms with Crippen LogP contribution in [-0.4, -0.2) is 61.1 Å². The molecule has 2 saturated heterocycles. The van der Waals surface area contributed by atoms with E-state index in [4.69, 9.17) is 14.0 Å². The lowest BCUT2D eigenvalue weighted by Crippen LogP contribution is -2.41. The van der Waals surface area contributed by atoms with Crippen molar-refractivity contribution in [1.29, 1.82) is 0 Å². The Labute approximate surface area is 193 Å². The third-order valence-corrected chi connectivity index (χ3v) is 7.55. The molecule has 0 spiro atoms. The highest BCUT2D eigenvalue weighted by Crippen LogP contribution is 2.51. The van der Waals surface area contributed by atoms with Crippen molar-refractivity contribution in [2.24, 2.45) is 17.8 Å². The number of nitrogens with one attached hydrogen (secondary N) is 1. The highest BCUT2D eigenvalue weighted by Gasteiger charge is 2.55. The summed E-state index contributed by atoms with van der Waals surface area (Å²) in [6, 6.07) is 8.67. The number of piperidine rings is 1. The first-order valence-corrected chi connectivity index (χ1v) is 12.0. The molecule has 2 aliphatic heterocycles. The first kappa shape index (κ1) is 23.6. The van der Waals surface area contributed by atoms with Gasteiger partial charge in [0, 0.05) is 26.2 Å². The summed E-state index contributed by atoms with van der Waals surface area (Å²) in [5.74, 6) is 2.05. The average molecular weight is 442 g/mol. The minimum absolute atomic E-state index is 0.300. The summed E-state index contributed by atoms with van der Waals surface area (Å²) in [6.07, 6.45) is 0.743. The third kappa shape index (κ3) is 5.15. The number of rotatable bonds is 6. The fourth-order valence-electron chi connectivity index (χ4n) is 4.85. The van der Waals surface area contributed by atoms with E-state index in [-0.39, 0.29) is 24.4 Å². The van der Waals surface area contributed by atoms with Crippen LogP contribution in [0.3, 0.4) is 0 Å². The Kier molecular flexibility index (Phi) is 6.14. The molecule has 1 aliphatic carbocycles. The molecule has 176 valence electrons. The Balaban J connectivity index is 1.17. The first-order valence-electron chi connectivity index (χ1n) is 12.0. The SMILES string of the molecule is CC(C)(C)OC(=O)NCC1C2CN(CCc3ccc(B4OC(C)(C)C(C)(C)O4)cc3)CC12. The van der Waals surface area contributed by atoms with Crippen LogP contribution in [0.5, 0.6) is 0 Å². The summed E-state index contributed by atoms with van der Waals surface area (Å²) < 4.78 is 17.6. The second-order valence-corrected chi connectivity index (χ2v) is 11.7. The summed E-state index contributed by atoms with van der Waals surface area (Å²) in [4.78, 5) is 14.4. The zero-order valence-corrected chi connectivity index (χ0v) is 20.7.